The first-order chi connectivity index (χ1) is 15.3. The van der Waals surface area contributed by atoms with E-state index in [0.717, 1.165) is 25.2 Å². The zero-order chi connectivity index (χ0) is 23.3. The van der Waals surface area contributed by atoms with Gasteiger partial charge in [-0.25, -0.2) is 4.79 Å². The summed E-state index contributed by atoms with van der Waals surface area (Å²) in [6.07, 6.45) is 1.28. The smallest absolute Gasteiger partial charge is 0.338 e. The third kappa shape index (κ3) is 5.43. The second-order valence-electron chi connectivity index (χ2n) is 8.74. The van der Waals surface area contributed by atoms with Crippen molar-refractivity contribution >= 4 is 5.97 Å². The number of nitrogens with zero attached hydrogens (tertiary/aromatic N) is 2. The van der Waals surface area contributed by atoms with Crippen LogP contribution in [0.3, 0.4) is 0 Å². The van der Waals surface area contributed by atoms with E-state index in [2.05, 4.69) is 24.8 Å². The molecule has 0 aromatic heterocycles. The van der Waals surface area contributed by atoms with E-state index >= 15 is 0 Å². The summed E-state index contributed by atoms with van der Waals surface area (Å²) in [5.74, 6) is 1.24. The predicted molar refractivity (Wildman–Crippen MR) is 121 cm³/mol. The molecule has 0 saturated carbocycles. The zero-order valence-electron chi connectivity index (χ0n) is 19.4. The van der Waals surface area contributed by atoms with Gasteiger partial charge in [-0.3, -0.25) is 4.90 Å². The predicted octanol–water partition coefficient (Wildman–Crippen LogP) is 3.69. The third-order valence-electron chi connectivity index (χ3n) is 5.91. The molecule has 172 valence electrons. The van der Waals surface area contributed by atoms with Gasteiger partial charge in [0.15, 0.2) is 0 Å². The summed E-state index contributed by atoms with van der Waals surface area (Å²) in [6, 6.07) is 9.55. The fourth-order valence-electron chi connectivity index (χ4n) is 4.74. The molecule has 2 N–H and O–H groups in total. The van der Waals surface area contributed by atoms with Crippen LogP contribution in [-0.4, -0.2) is 43.7 Å². The van der Waals surface area contributed by atoms with Gasteiger partial charge in [-0.2, -0.15) is 5.26 Å². The Balaban J connectivity index is 1.78. The zero-order valence-corrected chi connectivity index (χ0v) is 19.4. The second kappa shape index (κ2) is 10.6. The van der Waals surface area contributed by atoms with Crippen LogP contribution in [0.2, 0.25) is 0 Å². The van der Waals surface area contributed by atoms with E-state index in [1.54, 1.807) is 13.8 Å². The Bertz CT molecular complexity index is 937. The number of esters is 1. The van der Waals surface area contributed by atoms with Gasteiger partial charge in [0.1, 0.15) is 29.8 Å². The van der Waals surface area contributed by atoms with Crippen LogP contribution >= 0.6 is 0 Å². The van der Waals surface area contributed by atoms with Crippen LogP contribution in [0.25, 0.3) is 0 Å². The lowest BCUT2D eigenvalue weighted by atomic mass is 9.83. The molecule has 3 unspecified atom stereocenters. The van der Waals surface area contributed by atoms with Gasteiger partial charge in [0.25, 0.3) is 0 Å². The Labute approximate surface area is 190 Å². The SMILES string of the molecule is CCOC(=O)C1=C(C)OC(N)=C(C#N)C1c1cccc(OCCN2CC(C)CC(C)C2)c1. The van der Waals surface area contributed by atoms with Crippen molar-refractivity contribution in [1.29, 1.82) is 5.26 Å². The summed E-state index contributed by atoms with van der Waals surface area (Å²) in [5.41, 5.74) is 7.18. The molecule has 2 aliphatic heterocycles. The molecule has 1 fully saturated rings. The van der Waals surface area contributed by atoms with Crippen molar-refractivity contribution in [3.63, 3.8) is 0 Å². The van der Waals surface area contributed by atoms with E-state index in [-0.39, 0.29) is 23.6 Å². The summed E-state index contributed by atoms with van der Waals surface area (Å²) in [5, 5.41) is 9.73. The number of nitrogens with two attached hydrogens (primary N) is 1. The fourth-order valence-corrected chi connectivity index (χ4v) is 4.74. The van der Waals surface area contributed by atoms with Crippen molar-refractivity contribution < 1.29 is 19.0 Å². The number of rotatable bonds is 7. The number of piperidine rings is 1. The molecular weight excluding hydrogens is 406 g/mol. The highest BCUT2D eigenvalue weighted by molar-refractivity contribution is 5.92. The van der Waals surface area contributed by atoms with Crippen molar-refractivity contribution in [2.75, 3.05) is 32.8 Å². The molecule has 3 atom stereocenters. The number of nitriles is 1. The molecule has 0 radical (unpaired) electrons. The van der Waals surface area contributed by atoms with Crippen LogP contribution in [0.15, 0.2) is 47.1 Å². The highest BCUT2D eigenvalue weighted by Crippen LogP contribution is 2.40. The number of hydrogen-bond acceptors (Lipinski definition) is 7. The second-order valence-corrected chi connectivity index (χ2v) is 8.74. The highest BCUT2D eigenvalue weighted by Gasteiger charge is 2.36. The summed E-state index contributed by atoms with van der Waals surface area (Å²) >= 11 is 0. The van der Waals surface area contributed by atoms with Crippen molar-refractivity contribution in [1.82, 2.24) is 4.90 Å². The maximum Gasteiger partial charge on any atom is 0.338 e. The van der Waals surface area contributed by atoms with E-state index < -0.39 is 11.9 Å². The first kappa shape index (κ1) is 23.7. The molecule has 1 aromatic carbocycles. The number of benzene rings is 1. The molecular formula is C25H33N3O4. The van der Waals surface area contributed by atoms with Crippen LogP contribution in [0.5, 0.6) is 5.75 Å². The number of allylic oxidation sites excluding steroid dienone is 2. The normalized spacial score (nSPS) is 24.0. The molecule has 7 heteroatoms. The maximum atomic E-state index is 12.7. The van der Waals surface area contributed by atoms with Crippen molar-refractivity contribution in [3.05, 3.63) is 52.6 Å². The Hall–Kier alpha value is -2.98. The van der Waals surface area contributed by atoms with Gasteiger partial charge in [0.05, 0.1) is 18.1 Å². The molecule has 32 heavy (non-hydrogen) atoms. The molecule has 1 aromatic rings. The molecule has 7 nitrogen and oxygen atoms in total. The van der Waals surface area contributed by atoms with E-state index in [1.807, 2.05) is 24.3 Å². The quantitative estimate of drug-likeness (QED) is 0.647. The largest absolute Gasteiger partial charge is 0.492 e. The molecule has 1 saturated heterocycles. The lowest BCUT2D eigenvalue weighted by Gasteiger charge is -2.34. The topological polar surface area (TPSA) is 97.8 Å². The minimum atomic E-state index is -0.667. The number of ether oxygens (including phenoxy) is 3. The van der Waals surface area contributed by atoms with Crippen LogP contribution in [-0.2, 0) is 14.3 Å². The number of carbonyl (C=O) groups is 1. The summed E-state index contributed by atoms with van der Waals surface area (Å²) in [4.78, 5) is 15.1. The lowest BCUT2D eigenvalue weighted by Crippen LogP contribution is -2.40. The van der Waals surface area contributed by atoms with E-state index in [4.69, 9.17) is 19.9 Å². The summed E-state index contributed by atoms with van der Waals surface area (Å²) in [6.45, 7) is 11.8. The minimum absolute atomic E-state index is 0.00251. The Morgan fingerprint density at radius 3 is 2.69 bits per heavy atom. The van der Waals surface area contributed by atoms with Crippen molar-refractivity contribution in [3.8, 4) is 11.8 Å². The summed E-state index contributed by atoms with van der Waals surface area (Å²) in [7, 11) is 0. The van der Waals surface area contributed by atoms with Crippen LogP contribution < -0.4 is 10.5 Å². The number of carbonyl (C=O) groups excluding carboxylic acids is 1. The molecule has 3 rings (SSSR count). The lowest BCUT2D eigenvalue weighted by molar-refractivity contribution is -0.139. The Kier molecular flexibility index (Phi) is 7.81. The minimum Gasteiger partial charge on any atom is -0.492 e. The van der Waals surface area contributed by atoms with Gasteiger partial charge < -0.3 is 19.9 Å². The van der Waals surface area contributed by atoms with Gasteiger partial charge in [0, 0.05) is 19.6 Å². The van der Waals surface area contributed by atoms with Gasteiger partial charge in [-0.15, -0.1) is 0 Å². The monoisotopic (exact) mass is 439 g/mol. The molecule has 0 spiro atoms. The van der Waals surface area contributed by atoms with Gasteiger partial charge >= 0.3 is 5.97 Å². The third-order valence-corrected chi connectivity index (χ3v) is 5.91. The highest BCUT2D eigenvalue weighted by atomic mass is 16.5. The van der Waals surface area contributed by atoms with Gasteiger partial charge in [-0.1, -0.05) is 26.0 Å². The van der Waals surface area contributed by atoms with Crippen molar-refractivity contribution in [2.45, 2.75) is 40.0 Å². The molecule has 2 heterocycles. The van der Waals surface area contributed by atoms with E-state index in [1.165, 1.54) is 6.42 Å². The first-order valence-electron chi connectivity index (χ1n) is 11.2. The first-order valence-corrected chi connectivity index (χ1v) is 11.2. The Morgan fingerprint density at radius 2 is 2.03 bits per heavy atom. The van der Waals surface area contributed by atoms with Crippen molar-refractivity contribution in [2.24, 2.45) is 17.6 Å². The number of likely N-dealkylation sites (tertiary alicyclic amines) is 1. The Morgan fingerprint density at radius 1 is 1.31 bits per heavy atom. The van der Waals surface area contributed by atoms with E-state index in [0.29, 0.717) is 30.0 Å². The molecule has 2 aliphatic rings. The van der Waals surface area contributed by atoms with Gasteiger partial charge in [0.2, 0.25) is 5.88 Å². The summed E-state index contributed by atoms with van der Waals surface area (Å²) < 4.78 is 16.7. The average molecular weight is 440 g/mol. The molecule has 0 bridgehead atoms. The molecule has 0 aliphatic carbocycles. The maximum absolute atomic E-state index is 12.7. The van der Waals surface area contributed by atoms with E-state index in [9.17, 15) is 10.1 Å². The fraction of sp³-hybridized carbons (Fsp3) is 0.520. The van der Waals surface area contributed by atoms with Crippen LogP contribution in [0.1, 0.15) is 45.6 Å². The average Bonchev–Trinajstić information content (AvgIpc) is 2.73. The van der Waals surface area contributed by atoms with Crippen LogP contribution in [0, 0.1) is 23.2 Å². The van der Waals surface area contributed by atoms with Gasteiger partial charge in [-0.05, 0) is 49.8 Å². The molecule has 0 amide bonds. The standard InChI is InChI=1S/C25H33N3O4/c1-5-30-25(29)22-18(4)32-24(27)21(13-26)23(22)19-7-6-8-20(12-19)31-10-9-28-14-16(2)11-17(3)15-28/h6-8,12,16-17,23H,5,9-11,14-15,27H2,1-4H3. The van der Waals surface area contributed by atoms with Crippen LogP contribution in [0.4, 0.5) is 0 Å². The number of hydrogen-bond donors (Lipinski definition) is 1.